The van der Waals surface area contributed by atoms with Gasteiger partial charge in [0, 0.05) is 24.6 Å². The van der Waals surface area contributed by atoms with Crippen LogP contribution in [0.1, 0.15) is 18.2 Å². The van der Waals surface area contributed by atoms with Gasteiger partial charge in [-0.05, 0) is 36.4 Å². The topological polar surface area (TPSA) is 75.2 Å². The van der Waals surface area contributed by atoms with Crippen molar-refractivity contribution in [1.29, 1.82) is 0 Å². The minimum atomic E-state index is -4.54. The lowest BCUT2D eigenvalue weighted by molar-refractivity contribution is -0.137. The highest BCUT2D eigenvalue weighted by Gasteiger charge is 2.31. The number of rotatable bonds is 5. The summed E-state index contributed by atoms with van der Waals surface area (Å²) in [4.78, 5) is 33.4. The summed E-state index contributed by atoms with van der Waals surface area (Å²) >= 11 is 6.79. The van der Waals surface area contributed by atoms with Crippen LogP contribution in [0.4, 0.5) is 29.8 Å². The summed E-state index contributed by atoms with van der Waals surface area (Å²) in [7, 11) is 0. The zero-order valence-electron chi connectivity index (χ0n) is 15.9. The van der Waals surface area contributed by atoms with E-state index in [1.807, 2.05) is 0 Å². The second-order valence-electron chi connectivity index (χ2n) is 6.14. The van der Waals surface area contributed by atoms with Gasteiger partial charge >= 0.3 is 6.18 Å². The molecule has 160 valence electrons. The molecule has 0 aliphatic carbocycles. The Morgan fingerprint density at radius 3 is 2.65 bits per heavy atom. The maximum Gasteiger partial charge on any atom is 0.416 e. The molecule has 0 saturated carbocycles. The molecule has 0 bridgehead atoms. The van der Waals surface area contributed by atoms with Gasteiger partial charge in [-0.15, -0.1) is 11.3 Å². The fourth-order valence-corrected chi connectivity index (χ4v) is 3.45. The molecule has 0 aliphatic heterocycles. The van der Waals surface area contributed by atoms with Gasteiger partial charge in [0.15, 0.2) is 5.13 Å². The Labute approximate surface area is 184 Å². The van der Waals surface area contributed by atoms with Gasteiger partial charge in [-0.2, -0.15) is 13.2 Å². The molecule has 0 saturated heterocycles. The first-order valence-corrected chi connectivity index (χ1v) is 9.93. The van der Waals surface area contributed by atoms with Crippen molar-refractivity contribution < 1.29 is 22.8 Å². The van der Waals surface area contributed by atoms with Gasteiger partial charge < -0.3 is 5.32 Å². The maximum atomic E-state index is 13.0. The zero-order chi connectivity index (χ0) is 22.6. The Hall–Kier alpha value is -3.24. The highest BCUT2D eigenvalue weighted by Crippen LogP contribution is 2.35. The number of aromatic nitrogens is 2. The van der Waals surface area contributed by atoms with Crippen molar-refractivity contribution in [2.45, 2.75) is 13.1 Å². The van der Waals surface area contributed by atoms with E-state index >= 15 is 0 Å². The second-order valence-corrected chi connectivity index (χ2v) is 7.41. The number of anilines is 3. The standard InChI is InChI=1S/C20H14ClF3N4O2S/c1-12(29)28(16-4-2-3-13(9-16)20(22,23)24)19-26-15(11-31-19)6-8-18(30)27-17-7-5-14(21)10-25-17/h2-11H,1H3,(H,25,27,30)/b8-6+. The van der Waals surface area contributed by atoms with Gasteiger partial charge in [0.05, 0.1) is 22.0 Å². The van der Waals surface area contributed by atoms with E-state index in [2.05, 4.69) is 15.3 Å². The minimum Gasteiger partial charge on any atom is -0.307 e. The molecule has 0 fully saturated rings. The third-order valence-electron chi connectivity index (χ3n) is 3.83. The molecule has 11 heteroatoms. The summed E-state index contributed by atoms with van der Waals surface area (Å²) in [5, 5.41) is 4.72. The van der Waals surface area contributed by atoms with Crippen molar-refractivity contribution in [3.63, 3.8) is 0 Å². The number of amides is 2. The Balaban J connectivity index is 1.77. The van der Waals surface area contributed by atoms with Gasteiger partial charge in [0.1, 0.15) is 5.82 Å². The molecule has 0 aliphatic rings. The van der Waals surface area contributed by atoms with Crippen LogP contribution in [0.15, 0.2) is 54.1 Å². The summed E-state index contributed by atoms with van der Waals surface area (Å²) in [6.45, 7) is 1.23. The number of thiazole rings is 1. The molecule has 31 heavy (non-hydrogen) atoms. The molecule has 0 spiro atoms. The van der Waals surface area contributed by atoms with Crippen LogP contribution in [-0.4, -0.2) is 21.8 Å². The van der Waals surface area contributed by atoms with Crippen molar-refractivity contribution in [2.75, 3.05) is 10.2 Å². The zero-order valence-corrected chi connectivity index (χ0v) is 17.4. The van der Waals surface area contributed by atoms with Crippen molar-refractivity contribution in [3.05, 3.63) is 70.3 Å². The fraction of sp³-hybridized carbons (Fsp3) is 0.100. The third kappa shape index (κ3) is 5.89. The Kier molecular flexibility index (Phi) is 6.71. The smallest absolute Gasteiger partial charge is 0.307 e. The van der Waals surface area contributed by atoms with Gasteiger partial charge in [-0.3, -0.25) is 14.5 Å². The predicted molar refractivity (Wildman–Crippen MR) is 113 cm³/mol. The summed E-state index contributed by atoms with van der Waals surface area (Å²) < 4.78 is 39.0. The molecule has 2 heterocycles. The van der Waals surface area contributed by atoms with Crippen LogP contribution >= 0.6 is 22.9 Å². The minimum absolute atomic E-state index is 0.0405. The van der Waals surface area contributed by atoms with E-state index in [4.69, 9.17) is 11.6 Å². The normalized spacial score (nSPS) is 11.5. The number of nitrogens with zero attached hydrogens (tertiary/aromatic N) is 3. The van der Waals surface area contributed by atoms with E-state index in [0.717, 1.165) is 28.4 Å². The molecule has 3 aromatic rings. The van der Waals surface area contributed by atoms with Crippen LogP contribution in [0.3, 0.4) is 0 Å². The second kappa shape index (κ2) is 9.27. The van der Waals surface area contributed by atoms with Crippen molar-refractivity contribution in [3.8, 4) is 0 Å². The summed E-state index contributed by atoms with van der Waals surface area (Å²) in [5.41, 5.74) is -0.475. The van der Waals surface area contributed by atoms with E-state index in [1.165, 1.54) is 43.5 Å². The van der Waals surface area contributed by atoms with E-state index < -0.39 is 23.6 Å². The van der Waals surface area contributed by atoms with Crippen LogP contribution in [0.2, 0.25) is 5.02 Å². The molecule has 2 aromatic heterocycles. The van der Waals surface area contributed by atoms with Crippen molar-refractivity contribution >= 4 is 57.5 Å². The lowest BCUT2D eigenvalue weighted by Gasteiger charge is -2.19. The number of carbonyl (C=O) groups is 2. The van der Waals surface area contributed by atoms with Crippen LogP contribution in [-0.2, 0) is 15.8 Å². The molecule has 0 radical (unpaired) electrons. The molecular formula is C20H14ClF3N4O2S. The Morgan fingerprint density at radius 2 is 2.00 bits per heavy atom. The molecule has 3 rings (SSSR count). The largest absolute Gasteiger partial charge is 0.416 e. The molecule has 1 N–H and O–H groups in total. The average Bonchev–Trinajstić information content (AvgIpc) is 3.16. The predicted octanol–water partition coefficient (Wildman–Crippen LogP) is 5.55. The van der Waals surface area contributed by atoms with Crippen LogP contribution in [0.25, 0.3) is 6.08 Å². The van der Waals surface area contributed by atoms with E-state index in [0.29, 0.717) is 16.5 Å². The fourth-order valence-electron chi connectivity index (χ4n) is 2.48. The molecule has 0 unspecified atom stereocenters. The van der Waals surface area contributed by atoms with Gasteiger partial charge in [-0.25, -0.2) is 9.97 Å². The average molecular weight is 467 g/mol. The van der Waals surface area contributed by atoms with E-state index in [1.54, 1.807) is 11.4 Å². The molecule has 0 atom stereocenters. The van der Waals surface area contributed by atoms with E-state index in [-0.39, 0.29) is 10.8 Å². The maximum absolute atomic E-state index is 13.0. The number of hydrogen-bond acceptors (Lipinski definition) is 5. The number of halogens is 4. The summed E-state index contributed by atoms with van der Waals surface area (Å²) in [5.74, 6) is -0.660. The number of nitrogens with one attached hydrogen (secondary N) is 1. The summed E-state index contributed by atoms with van der Waals surface area (Å²) in [6.07, 6.45) is -0.521. The quantitative estimate of drug-likeness (QED) is 0.500. The number of carbonyl (C=O) groups excluding carboxylic acids is 2. The van der Waals surface area contributed by atoms with Crippen LogP contribution in [0, 0.1) is 0 Å². The monoisotopic (exact) mass is 466 g/mol. The SMILES string of the molecule is CC(=O)N(c1cccc(C(F)(F)F)c1)c1nc(/C=C/C(=O)Nc2ccc(Cl)cn2)cs1. The first kappa shape index (κ1) is 22.4. The first-order chi connectivity index (χ1) is 14.6. The molecule has 6 nitrogen and oxygen atoms in total. The lowest BCUT2D eigenvalue weighted by atomic mass is 10.2. The van der Waals surface area contributed by atoms with E-state index in [9.17, 15) is 22.8 Å². The molecular weight excluding hydrogens is 453 g/mol. The van der Waals surface area contributed by atoms with Gasteiger partial charge in [-0.1, -0.05) is 17.7 Å². The summed E-state index contributed by atoms with van der Waals surface area (Å²) in [6, 6.07) is 7.52. The highest BCUT2D eigenvalue weighted by atomic mass is 35.5. The first-order valence-electron chi connectivity index (χ1n) is 8.67. The van der Waals surface area contributed by atoms with Crippen LogP contribution in [0.5, 0.6) is 0 Å². The van der Waals surface area contributed by atoms with Gasteiger partial charge in [0.2, 0.25) is 11.8 Å². The van der Waals surface area contributed by atoms with Crippen molar-refractivity contribution in [2.24, 2.45) is 0 Å². The number of hydrogen-bond donors (Lipinski definition) is 1. The number of alkyl halides is 3. The number of benzene rings is 1. The Morgan fingerprint density at radius 1 is 1.23 bits per heavy atom. The third-order valence-corrected chi connectivity index (χ3v) is 4.90. The molecule has 2 amide bonds. The molecule has 1 aromatic carbocycles. The lowest BCUT2D eigenvalue weighted by Crippen LogP contribution is -2.23. The van der Waals surface area contributed by atoms with Crippen LogP contribution < -0.4 is 10.2 Å². The number of pyridine rings is 1. The van der Waals surface area contributed by atoms with Gasteiger partial charge in [0.25, 0.3) is 0 Å². The van der Waals surface area contributed by atoms with Crippen molar-refractivity contribution in [1.82, 2.24) is 9.97 Å². The Bertz CT molecular complexity index is 1130. The highest BCUT2D eigenvalue weighted by molar-refractivity contribution is 7.14.